The van der Waals surface area contributed by atoms with Crippen LogP contribution in [0.4, 0.5) is 11.4 Å². The second-order valence-electron chi connectivity index (χ2n) is 8.53. The van der Waals surface area contributed by atoms with Gasteiger partial charge in [-0.2, -0.15) is 4.31 Å². The van der Waals surface area contributed by atoms with Crippen LogP contribution in [0.5, 0.6) is 0 Å². The van der Waals surface area contributed by atoms with Crippen molar-refractivity contribution in [1.82, 2.24) is 4.31 Å². The summed E-state index contributed by atoms with van der Waals surface area (Å²) in [6, 6.07) is 17.0. The van der Waals surface area contributed by atoms with Gasteiger partial charge in [-0.25, -0.2) is 16.8 Å². The van der Waals surface area contributed by atoms with Crippen LogP contribution in [0.15, 0.2) is 81.0 Å². The number of hydrogen-bond acceptors (Lipinski definition) is 5. The Kier molecular flexibility index (Phi) is 7.84. The van der Waals surface area contributed by atoms with E-state index in [1.165, 1.54) is 40.7 Å². The number of carbonyl (C=O) groups excluding carboxylic acids is 1. The molecule has 11 heteroatoms. The zero-order valence-corrected chi connectivity index (χ0v) is 22.8. The molecule has 3 aromatic rings. The van der Waals surface area contributed by atoms with E-state index in [0.717, 1.165) is 23.7 Å². The van der Waals surface area contributed by atoms with Crippen LogP contribution < -0.4 is 10.0 Å². The molecule has 1 saturated heterocycles. The van der Waals surface area contributed by atoms with E-state index < -0.39 is 26.0 Å². The number of piperidine rings is 1. The van der Waals surface area contributed by atoms with Crippen molar-refractivity contribution in [1.29, 1.82) is 0 Å². The number of rotatable bonds is 7. The summed E-state index contributed by atoms with van der Waals surface area (Å²) < 4.78 is 56.2. The molecule has 190 valence electrons. The second kappa shape index (κ2) is 10.7. The third kappa shape index (κ3) is 5.97. The molecule has 4 rings (SSSR count). The van der Waals surface area contributed by atoms with E-state index in [0.29, 0.717) is 30.0 Å². The summed E-state index contributed by atoms with van der Waals surface area (Å²) in [6.07, 6.45) is 2.65. The molecule has 3 aromatic carbocycles. The smallest absolute Gasteiger partial charge is 0.261 e. The van der Waals surface area contributed by atoms with E-state index in [9.17, 15) is 21.6 Å². The molecule has 1 amide bonds. The fraction of sp³-hybridized carbons (Fsp3) is 0.240. The molecule has 1 aliphatic heterocycles. The van der Waals surface area contributed by atoms with Crippen LogP contribution >= 0.6 is 15.9 Å². The van der Waals surface area contributed by atoms with Gasteiger partial charge in [0.15, 0.2) is 0 Å². The van der Waals surface area contributed by atoms with Gasteiger partial charge in [0.05, 0.1) is 9.79 Å². The number of sulfonamides is 2. The normalized spacial score (nSPS) is 14.8. The fourth-order valence-corrected chi connectivity index (χ4v) is 6.78. The van der Waals surface area contributed by atoms with Crippen molar-refractivity contribution in [2.75, 3.05) is 23.1 Å². The van der Waals surface area contributed by atoms with Gasteiger partial charge in [-0.05, 0) is 86.0 Å². The van der Waals surface area contributed by atoms with Gasteiger partial charge in [-0.1, -0.05) is 28.4 Å². The molecule has 36 heavy (non-hydrogen) atoms. The Labute approximate surface area is 220 Å². The van der Waals surface area contributed by atoms with Gasteiger partial charge < -0.3 is 5.32 Å². The highest BCUT2D eigenvalue weighted by Gasteiger charge is 2.27. The summed E-state index contributed by atoms with van der Waals surface area (Å²) in [7, 11) is -7.49. The Morgan fingerprint density at radius 3 is 2.03 bits per heavy atom. The first-order chi connectivity index (χ1) is 17.1. The third-order valence-corrected chi connectivity index (χ3v) is 9.75. The van der Waals surface area contributed by atoms with E-state index in [2.05, 4.69) is 26.0 Å². The predicted molar refractivity (Wildman–Crippen MR) is 143 cm³/mol. The number of benzene rings is 3. The Morgan fingerprint density at radius 2 is 1.39 bits per heavy atom. The van der Waals surface area contributed by atoms with Crippen LogP contribution in [-0.2, 0) is 20.0 Å². The molecule has 1 fully saturated rings. The molecule has 8 nitrogen and oxygen atoms in total. The standard InChI is InChI=1S/C25H26BrN3O5S2/c1-18-5-12-23(36(33,34)29-15-3-2-4-16-29)17-24(18)25(30)27-20-10-13-22(14-11-20)35(31,32)28-21-8-6-19(26)7-9-21/h5-14,17,28H,2-4,15-16H2,1H3,(H,27,30). The molecule has 0 bridgehead atoms. The number of amides is 1. The van der Waals surface area contributed by atoms with Gasteiger partial charge in [0.25, 0.3) is 15.9 Å². The lowest BCUT2D eigenvalue weighted by Gasteiger charge is -2.26. The molecular weight excluding hydrogens is 566 g/mol. The number of nitrogens with one attached hydrogen (secondary N) is 2. The van der Waals surface area contributed by atoms with Crippen LogP contribution in [0.1, 0.15) is 35.2 Å². The maximum atomic E-state index is 13.0. The van der Waals surface area contributed by atoms with Crippen LogP contribution in [-0.4, -0.2) is 40.1 Å². The summed E-state index contributed by atoms with van der Waals surface area (Å²) in [5.41, 5.74) is 1.67. The van der Waals surface area contributed by atoms with Crippen molar-refractivity contribution in [2.24, 2.45) is 0 Å². The molecule has 0 atom stereocenters. The highest BCUT2D eigenvalue weighted by atomic mass is 79.9. The maximum Gasteiger partial charge on any atom is 0.261 e. The first kappa shape index (κ1) is 26.3. The SMILES string of the molecule is Cc1ccc(S(=O)(=O)N2CCCCC2)cc1C(=O)Nc1ccc(S(=O)(=O)Nc2ccc(Br)cc2)cc1. The summed E-state index contributed by atoms with van der Waals surface area (Å²) in [5.74, 6) is -0.480. The molecule has 0 saturated carbocycles. The molecule has 2 N–H and O–H groups in total. The maximum absolute atomic E-state index is 13.0. The minimum Gasteiger partial charge on any atom is -0.322 e. The average molecular weight is 593 g/mol. The van der Waals surface area contributed by atoms with E-state index in [4.69, 9.17) is 0 Å². The van der Waals surface area contributed by atoms with Crippen molar-refractivity contribution >= 4 is 53.3 Å². The largest absolute Gasteiger partial charge is 0.322 e. The van der Waals surface area contributed by atoms with E-state index in [-0.39, 0.29) is 15.4 Å². The molecule has 0 unspecified atom stereocenters. The van der Waals surface area contributed by atoms with Gasteiger partial charge in [0.1, 0.15) is 0 Å². The highest BCUT2D eigenvalue weighted by Crippen LogP contribution is 2.24. The lowest BCUT2D eigenvalue weighted by atomic mass is 10.1. The predicted octanol–water partition coefficient (Wildman–Crippen LogP) is 4.99. The zero-order valence-electron chi connectivity index (χ0n) is 19.6. The fourth-order valence-electron chi connectivity index (χ4n) is 3.91. The third-order valence-electron chi connectivity index (χ3n) is 5.93. The number of anilines is 2. The van der Waals surface area contributed by atoms with Crippen molar-refractivity contribution < 1.29 is 21.6 Å². The Hall–Kier alpha value is -2.73. The number of carbonyl (C=O) groups is 1. The van der Waals surface area contributed by atoms with Crippen LogP contribution in [0.3, 0.4) is 0 Å². The zero-order chi connectivity index (χ0) is 25.9. The average Bonchev–Trinajstić information content (AvgIpc) is 2.86. The van der Waals surface area contributed by atoms with E-state index in [1.54, 1.807) is 37.3 Å². The number of nitrogens with zero attached hydrogens (tertiary/aromatic N) is 1. The monoisotopic (exact) mass is 591 g/mol. The van der Waals surface area contributed by atoms with Gasteiger partial charge in [0, 0.05) is 34.5 Å². The van der Waals surface area contributed by atoms with Gasteiger partial charge >= 0.3 is 0 Å². The topological polar surface area (TPSA) is 113 Å². The lowest BCUT2D eigenvalue weighted by molar-refractivity contribution is 0.102. The molecule has 0 spiro atoms. The number of halogens is 1. The van der Waals surface area contributed by atoms with E-state index >= 15 is 0 Å². The Bertz CT molecular complexity index is 1470. The molecule has 1 aliphatic rings. The summed E-state index contributed by atoms with van der Waals surface area (Å²) in [6.45, 7) is 2.68. The van der Waals surface area contributed by atoms with Gasteiger partial charge in [-0.15, -0.1) is 0 Å². The Balaban J connectivity index is 1.49. The molecule has 0 radical (unpaired) electrons. The quantitative estimate of drug-likeness (QED) is 0.402. The van der Waals surface area contributed by atoms with Crippen molar-refractivity contribution in [3.8, 4) is 0 Å². The van der Waals surface area contributed by atoms with Crippen molar-refractivity contribution in [3.05, 3.63) is 82.3 Å². The summed E-state index contributed by atoms with van der Waals surface area (Å²) in [5, 5.41) is 2.72. The minimum atomic E-state index is -3.81. The second-order valence-corrected chi connectivity index (χ2v) is 13.1. The van der Waals surface area contributed by atoms with Crippen molar-refractivity contribution in [3.63, 3.8) is 0 Å². The van der Waals surface area contributed by atoms with Gasteiger partial charge in [0.2, 0.25) is 10.0 Å². The number of hydrogen-bond donors (Lipinski definition) is 2. The first-order valence-electron chi connectivity index (χ1n) is 11.4. The van der Waals surface area contributed by atoms with Crippen molar-refractivity contribution in [2.45, 2.75) is 36.0 Å². The number of aryl methyl sites for hydroxylation is 1. The molecule has 0 aliphatic carbocycles. The Morgan fingerprint density at radius 1 is 0.806 bits per heavy atom. The molecule has 1 heterocycles. The lowest BCUT2D eigenvalue weighted by Crippen LogP contribution is -2.35. The molecule has 0 aromatic heterocycles. The van der Waals surface area contributed by atoms with Crippen LogP contribution in [0, 0.1) is 6.92 Å². The summed E-state index contributed by atoms with van der Waals surface area (Å²) >= 11 is 3.31. The highest BCUT2D eigenvalue weighted by molar-refractivity contribution is 9.10. The minimum absolute atomic E-state index is 0.0363. The van der Waals surface area contributed by atoms with Crippen LogP contribution in [0.2, 0.25) is 0 Å². The molecular formula is C25H26BrN3O5S2. The van der Waals surface area contributed by atoms with Gasteiger partial charge in [-0.3, -0.25) is 9.52 Å². The summed E-state index contributed by atoms with van der Waals surface area (Å²) in [4.78, 5) is 13.1. The van der Waals surface area contributed by atoms with Crippen LogP contribution in [0.25, 0.3) is 0 Å². The van der Waals surface area contributed by atoms with E-state index in [1.807, 2.05) is 0 Å². The first-order valence-corrected chi connectivity index (χ1v) is 15.1.